The van der Waals surface area contributed by atoms with E-state index in [1.165, 1.54) is 5.56 Å². The maximum Gasteiger partial charge on any atom is 0.413 e. The Kier molecular flexibility index (Phi) is 4.99. The third kappa shape index (κ3) is 3.58. The molecule has 1 saturated carbocycles. The number of ether oxygens (including phenoxy) is 1. The summed E-state index contributed by atoms with van der Waals surface area (Å²) in [7, 11) is 1.82. The summed E-state index contributed by atoms with van der Waals surface area (Å²) in [6.45, 7) is 3.17. The molecule has 1 aliphatic heterocycles. The van der Waals surface area contributed by atoms with Gasteiger partial charge in [-0.1, -0.05) is 29.8 Å². The fourth-order valence-electron chi connectivity index (χ4n) is 5.15. The van der Waals surface area contributed by atoms with Gasteiger partial charge in [0.1, 0.15) is 0 Å². The number of carbonyl (C=O) groups excluding carboxylic acids is 2. The summed E-state index contributed by atoms with van der Waals surface area (Å²) < 4.78 is 12.6. The molecule has 174 valence electrons. The predicted octanol–water partition coefficient (Wildman–Crippen LogP) is 5.06. The van der Waals surface area contributed by atoms with Crippen LogP contribution < -0.4 is 10.1 Å². The summed E-state index contributed by atoms with van der Waals surface area (Å²) in [5.41, 5.74) is 4.48. The van der Waals surface area contributed by atoms with E-state index in [4.69, 9.17) is 9.15 Å². The number of carbonyl (C=O) groups is 2. The van der Waals surface area contributed by atoms with Crippen LogP contribution in [0.25, 0.3) is 21.5 Å². The number of hydrogen-bond donors (Lipinski definition) is 1. The van der Waals surface area contributed by atoms with Gasteiger partial charge in [0.15, 0.2) is 5.58 Å². The van der Waals surface area contributed by atoms with E-state index in [-0.39, 0.29) is 11.9 Å². The molecule has 1 saturated heterocycles. The zero-order valence-electron chi connectivity index (χ0n) is 19.0. The van der Waals surface area contributed by atoms with Crippen molar-refractivity contribution in [3.05, 3.63) is 65.2 Å². The second-order valence-electron chi connectivity index (χ2n) is 9.20. The number of aryl methyl sites for hydroxylation is 2. The first-order valence-electron chi connectivity index (χ1n) is 11.4. The van der Waals surface area contributed by atoms with Crippen molar-refractivity contribution >= 4 is 34.4 Å². The van der Waals surface area contributed by atoms with Gasteiger partial charge in [0, 0.05) is 37.1 Å². The van der Waals surface area contributed by atoms with Gasteiger partial charge in [-0.05, 0) is 42.2 Å². The first-order valence-corrected chi connectivity index (χ1v) is 12.3. The third-order valence-corrected chi connectivity index (χ3v) is 7.98. The fourth-order valence-corrected chi connectivity index (χ4v) is 6.04. The van der Waals surface area contributed by atoms with Crippen LogP contribution in [0.3, 0.4) is 0 Å². The number of nitrogens with zero attached hydrogens (tertiary/aromatic N) is 2. The van der Waals surface area contributed by atoms with E-state index < -0.39 is 6.09 Å². The molecule has 3 aromatic heterocycles. The van der Waals surface area contributed by atoms with Gasteiger partial charge in [0.2, 0.25) is 5.88 Å². The Bertz CT molecular complexity index is 1400. The number of piperidine rings is 1. The molecule has 8 heteroatoms. The molecule has 1 N–H and O–H groups in total. The van der Waals surface area contributed by atoms with Gasteiger partial charge < -0.3 is 23.9 Å². The molecule has 4 aromatic rings. The van der Waals surface area contributed by atoms with Crippen LogP contribution in [-0.2, 0) is 7.05 Å². The number of fused-ring (bicyclic) bond motifs is 2. The van der Waals surface area contributed by atoms with E-state index in [0.717, 1.165) is 34.5 Å². The number of hydrogen-bond acceptors (Lipinski definition) is 5. The Morgan fingerprint density at radius 2 is 2.12 bits per heavy atom. The topological polar surface area (TPSA) is 76.7 Å². The van der Waals surface area contributed by atoms with Crippen molar-refractivity contribution in [1.82, 2.24) is 14.8 Å². The molecule has 2 fully saturated rings. The Hall–Kier alpha value is -3.52. The Labute approximate surface area is 200 Å². The molecule has 2 amide bonds. The second kappa shape index (κ2) is 8.06. The molecule has 3 atom stereocenters. The maximum absolute atomic E-state index is 13.6. The largest absolute Gasteiger partial charge is 0.463 e. The number of furan rings is 1. The van der Waals surface area contributed by atoms with Gasteiger partial charge in [-0.15, -0.1) is 11.3 Å². The molecule has 1 aromatic carbocycles. The van der Waals surface area contributed by atoms with Crippen LogP contribution >= 0.6 is 11.3 Å². The highest BCUT2D eigenvalue weighted by Crippen LogP contribution is 2.50. The zero-order valence-corrected chi connectivity index (χ0v) is 19.8. The van der Waals surface area contributed by atoms with E-state index >= 15 is 0 Å². The Morgan fingerprint density at radius 3 is 2.94 bits per heavy atom. The number of amides is 2. The van der Waals surface area contributed by atoms with Gasteiger partial charge in [-0.2, -0.15) is 0 Å². The van der Waals surface area contributed by atoms with Crippen LogP contribution in [0.1, 0.15) is 22.3 Å². The van der Waals surface area contributed by atoms with Crippen LogP contribution in [0.2, 0.25) is 0 Å². The van der Waals surface area contributed by atoms with Gasteiger partial charge >= 0.3 is 6.09 Å². The lowest BCUT2D eigenvalue weighted by molar-refractivity contribution is 0.0705. The molecule has 1 aliphatic carbocycles. The molecule has 0 spiro atoms. The lowest BCUT2D eigenvalue weighted by Crippen LogP contribution is -2.46. The molecule has 7 nitrogen and oxygen atoms in total. The van der Waals surface area contributed by atoms with E-state index in [1.807, 2.05) is 41.6 Å². The number of nitrogens with one attached hydrogen (secondary N) is 1. The quantitative estimate of drug-likeness (QED) is 0.438. The normalized spacial score (nSPS) is 21.0. The molecule has 6 rings (SSSR count). The second-order valence-corrected chi connectivity index (χ2v) is 10.1. The van der Waals surface area contributed by atoms with Crippen molar-refractivity contribution in [2.75, 3.05) is 13.1 Å². The van der Waals surface area contributed by atoms with Crippen molar-refractivity contribution in [1.29, 1.82) is 0 Å². The average Bonchev–Trinajstić information content (AvgIpc) is 3.23. The molecular weight excluding hydrogens is 450 g/mol. The zero-order chi connectivity index (χ0) is 23.4. The predicted molar refractivity (Wildman–Crippen MR) is 130 cm³/mol. The summed E-state index contributed by atoms with van der Waals surface area (Å²) in [6, 6.07) is 13.6. The maximum atomic E-state index is 13.6. The summed E-state index contributed by atoms with van der Waals surface area (Å²) in [5.74, 6) is 1.40. The van der Waals surface area contributed by atoms with Crippen molar-refractivity contribution in [3.8, 4) is 16.3 Å². The summed E-state index contributed by atoms with van der Waals surface area (Å²) >= 11 is 1.59. The molecule has 4 heterocycles. The van der Waals surface area contributed by atoms with Crippen LogP contribution in [0, 0.1) is 18.8 Å². The van der Waals surface area contributed by atoms with Crippen LogP contribution in [-0.4, -0.2) is 40.6 Å². The first-order chi connectivity index (χ1) is 16.5. The van der Waals surface area contributed by atoms with Crippen molar-refractivity contribution < 1.29 is 18.7 Å². The van der Waals surface area contributed by atoms with E-state index in [9.17, 15) is 9.59 Å². The summed E-state index contributed by atoms with van der Waals surface area (Å²) in [5, 5.41) is 4.86. The minimum absolute atomic E-state index is 0.0278. The molecule has 0 bridgehead atoms. The number of benzene rings is 1. The lowest BCUT2D eigenvalue weighted by atomic mass is 10.1. The molecule has 2 aliphatic rings. The molecule has 0 radical (unpaired) electrons. The van der Waals surface area contributed by atoms with Crippen molar-refractivity contribution in [2.24, 2.45) is 18.9 Å². The minimum atomic E-state index is -0.532. The number of thiophene rings is 1. The standard InChI is InChI=1S/C26H25N3O4S/c1-15-4-3-5-16(10-15)24-18(7-9-34-24)25(30)29-14-17-11-19(17)21(29)13-27-26(31)33-23-12-22-20(28(23)2)6-8-32-22/h3-10,12,17,19,21H,11,13-14H2,1-2H3,(H,27,31)/t17-,19-,21+/m0/s1. The van der Waals surface area contributed by atoms with Crippen molar-refractivity contribution in [3.63, 3.8) is 0 Å². The van der Waals surface area contributed by atoms with E-state index in [1.54, 1.807) is 28.2 Å². The number of aromatic nitrogens is 1. The highest BCUT2D eigenvalue weighted by molar-refractivity contribution is 7.14. The molecular formula is C26H25N3O4S. The average molecular weight is 476 g/mol. The van der Waals surface area contributed by atoms with Crippen molar-refractivity contribution in [2.45, 2.75) is 19.4 Å². The van der Waals surface area contributed by atoms with Crippen LogP contribution in [0.15, 0.2) is 58.5 Å². The smallest absolute Gasteiger partial charge is 0.413 e. The molecule has 0 unspecified atom stereocenters. The SMILES string of the molecule is Cc1cccc(-c2sccc2C(=O)N2C[C@@H]3C[C@@H]3[C@H]2CNC(=O)Oc2cc3occc3n2C)c1. The lowest BCUT2D eigenvalue weighted by Gasteiger charge is -2.28. The third-order valence-electron chi connectivity index (χ3n) is 7.01. The highest BCUT2D eigenvalue weighted by Gasteiger charge is 2.54. The summed E-state index contributed by atoms with van der Waals surface area (Å²) in [4.78, 5) is 29.1. The summed E-state index contributed by atoms with van der Waals surface area (Å²) in [6.07, 6.45) is 2.17. The Morgan fingerprint density at radius 1 is 1.24 bits per heavy atom. The van der Waals surface area contributed by atoms with Crippen LogP contribution in [0.5, 0.6) is 5.88 Å². The van der Waals surface area contributed by atoms with Crippen LogP contribution in [0.4, 0.5) is 4.79 Å². The Balaban J connectivity index is 1.15. The monoisotopic (exact) mass is 475 g/mol. The van der Waals surface area contributed by atoms with Gasteiger partial charge in [-0.3, -0.25) is 4.79 Å². The number of rotatable bonds is 5. The van der Waals surface area contributed by atoms with Gasteiger partial charge in [-0.25, -0.2) is 4.79 Å². The van der Waals surface area contributed by atoms with Gasteiger partial charge in [0.05, 0.1) is 23.4 Å². The van der Waals surface area contributed by atoms with E-state index in [0.29, 0.717) is 29.8 Å². The first kappa shape index (κ1) is 21.0. The molecule has 34 heavy (non-hydrogen) atoms. The number of likely N-dealkylation sites (tertiary alicyclic amines) is 1. The fraction of sp³-hybridized carbons (Fsp3) is 0.308. The van der Waals surface area contributed by atoms with Gasteiger partial charge in [0.25, 0.3) is 5.91 Å². The highest BCUT2D eigenvalue weighted by atomic mass is 32.1. The van der Waals surface area contributed by atoms with E-state index in [2.05, 4.69) is 24.4 Å². The minimum Gasteiger partial charge on any atom is -0.463 e.